The molecular weight excluding hydrogens is 386 g/mol. The Morgan fingerprint density at radius 2 is 1.83 bits per heavy atom. The van der Waals surface area contributed by atoms with E-state index in [1.165, 1.54) is 4.57 Å². The Kier molecular flexibility index (Phi) is 6.79. The predicted octanol–water partition coefficient (Wildman–Crippen LogP) is 1.78. The number of carbonyl (C=O) groups excluding carboxylic acids is 1. The lowest BCUT2D eigenvalue weighted by molar-refractivity contribution is -0.137. The smallest absolute Gasteiger partial charge is 0.303 e. The van der Waals surface area contributed by atoms with E-state index in [9.17, 15) is 14.4 Å². The maximum atomic E-state index is 12.9. The number of carboxylic acids is 1. The summed E-state index contributed by atoms with van der Waals surface area (Å²) < 4.78 is 6.56. The number of hydrogen-bond donors (Lipinski definition) is 2. The van der Waals surface area contributed by atoms with Gasteiger partial charge in [-0.2, -0.15) is 0 Å². The molecule has 0 spiro atoms. The van der Waals surface area contributed by atoms with Gasteiger partial charge in [-0.1, -0.05) is 30.3 Å². The van der Waals surface area contributed by atoms with Gasteiger partial charge in [0.2, 0.25) is 5.91 Å². The number of aliphatic carboxylic acids is 1. The second kappa shape index (κ2) is 9.69. The fraction of sp³-hybridized carbons (Fsp3) is 0.273. The molecule has 0 unspecified atom stereocenters. The molecule has 3 rings (SSSR count). The molecule has 0 aliphatic rings. The highest BCUT2D eigenvalue weighted by Gasteiger charge is 2.15. The third-order valence-electron chi connectivity index (χ3n) is 4.71. The van der Waals surface area contributed by atoms with Gasteiger partial charge in [-0.3, -0.25) is 19.0 Å². The summed E-state index contributed by atoms with van der Waals surface area (Å²) in [4.78, 5) is 40.8. The summed E-state index contributed by atoms with van der Waals surface area (Å²) in [6.45, 7) is 0.150. The number of rotatable bonds is 9. The van der Waals surface area contributed by atoms with Crippen molar-refractivity contribution in [1.29, 1.82) is 0 Å². The molecule has 0 fully saturated rings. The van der Waals surface area contributed by atoms with Crippen LogP contribution in [-0.4, -0.2) is 40.2 Å². The van der Waals surface area contributed by atoms with Crippen molar-refractivity contribution in [3.8, 4) is 5.75 Å². The van der Waals surface area contributed by atoms with Crippen molar-refractivity contribution in [3.63, 3.8) is 0 Å². The van der Waals surface area contributed by atoms with Crippen molar-refractivity contribution >= 4 is 22.8 Å². The molecule has 2 N–H and O–H groups in total. The van der Waals surface area contributed by atoms with Gasteiger partial charge < -0.3 is 15.2 Å². The van der Waals surface area contributed by atoms with Crippen molar-refractivity contribution in [2.24, 2.45) is 0 Å². The van der Waals surface area contributed by atoms with Crippen molar-refractivity contribution in [2.45, 2.75) is 25.8 Å². The Morgan fingerprint density at radius 1 is 1.10 bits per heavy atom. The summed E-state index contributed by atoms with van der Waals surface area (Å²) >= 11 is 0. The average Bonchev–Trinajstić information content (AvgIpc) is 2.75. The minimum absolute atomic E-state index is 0.0594. The van der Waals surface area contributed by atoms with Crippen LogP contribution >= 0.6 is 0 Å². The van der Waals surface area contributed by atoms with Crippen LogP contribution in [0.25, 0.3) is 10.9 Å². The van der Waals surface area contributed by atoms with Gasteiger partial charge in [-0.05, 0) is 30.2 Å². The van der Waals surface area contributed by atoms with Crippen LogP contribution in [0, 0.1) is 0 Å². The Morgan fingerprint density at radius 3 is 2.60 bits per heavy atom. The second-order valence-corrected chi connectivity index (χ2v) is 6.74. The first-order valence-corrected chi connectivity index (χ1v) is 9.58. The lowest BCUT2D eigenvalue weighted by atomic mass is 10.1. The highest BCUT2D eigenvalue weighted by atomic mass is 16.5. The van der Waals surface area contributed by atoms with Crippen LogP contribution in [0.3, 0.4) is 0 Å². The van der Waals surface area contributed by atoms with E-state index in [2.05, 4.69) is 10.3 Å². The molecule has 0 aliphatic heterocycles. The lowest BCUT2D eigenvalue weighted by Gasteiger charge is -2.13. The minimum Gasteiger partial charge on any atom is -0.496 e. The maximum absolute atomic E-state index is 12.9. The third kappa shape index (κ3) is 5.02. The number of carbonyl (C=O) groups is 2. The molecule has 1 amide bonds. The molecule has 30 heavy (non-hydrogen) atoms. The van der Waals surface area contributed by atoms with Crippen molar-refractivity contribution in [1.82, 2.24) is 14.9 Å². The summed E-state index contributed by atoms with van der Waals surface area (Å²) in [6, 6.07) is 14.4. The molecule has 0 saturated carbocycles. The molecule has 1 heterocycles. The number of methoxy groups -OCH3 is 1. The molecule has 1 aromatic heterocycles. The molecule has 0 aliphatic carbocycles. The first kappa shape index (κ1) is 21.0. The molecule has 8 heteroatoms. The molecule has 0 radical (unpaired) electrons. The van der Waals surface area contributed by atoms with E-state index in [1.54, 1.807) is 31.4 Å². The number of hydrogen-bond acceptors (Lipinski definition) is 5. The summed E-state index contributed by atoms with van der Waals surface area (Å²) in [6.07, 6.45) is 0.455. The molecule has 2 aromatic carbocycles. The number of carboxylic acid groups (broad SMARTS) is 1. The Labute approximate surface area is 173 Å². The number of para-hydroxylation sites is 2. The molecule has 0 saturated heterocycles. The number of amides is 1. The topological polar surface area (TPSA) is 111 Å². The van der Waals surface area contributed by atoms with Gasteiger partial charge in [0.15, 0.2) is 0 Å². The van der Waals surface area contributed by atoms with E-state index >= 15 is 0 Å². The second-order valence-electron chi connectivity index (χ2n) is 6.74. The molecule has 156 valence electrons. The summed E-state index contributed by atoms with van der Waals surface area (Å²) in [5, 5.41) is 12.2. The highest BCUT2D eigenvalue weighted by Crippen LogP contribution is 2.17. The normalized spacial score (nSPS) is 10.7. The maximum Gasteiger partial charge on any atom is 0.303 e. The van der Waals surface area contributed by atoms with Gasteiger partial charge in [0.1, 0.15) is 18.1 Å². The Hall–Kier alpha value is -3.68. The Bertz CT molecular complexity index is 1120. The fourth-order valence-corrected chi connectivity index (χ4v) is 3.23. The zero-order valence-electron chi connectivity index (χ0n) is 16.6. The number of benzene rings is 2. The lowest BCUT2D eigenvalue weighted by Crippen LogP contribution is -2.35. The van der Waals surface area contributed by atoms with Crippen molar-refractivity contribution < 1.29 is 19.4 Å². The molecule has 8 nitrogen and oxygen atoms in total. The van der Waals surface area contributed by atoms with Crippen LogP contribution in [0.2, 0.25) is 0 Å². The predicted molar refractivity (Wildman–Crippen MR) is 112 cm³/mol. The first-order valence-electron chi connectivity index (χ1n) is 9.58. The first-order chi connectivity index (χ1) is 14.5. The summed E-state index contributed by atoms with van der Waals surface area (Å²) in [5.41, 5.74) is 1.09. The molecule has 0 bridgehead atoms. The number of aromatic nitrogens is 2. The number of fused-ring (bicyclic) bond motifs is 1. The van der Waals surface area contributed by atoms with Gasteiger partial charge in [0.25, 0.3) is 5.56 Å². The van der Waals surface area contributed by atoms with Gasteiger partial charge >= 0.3 is 5.97 Å². The van der Waals surface area contributed by atoms with Crippen molar-refractivity contribution in [3.05, 3.63) is 70.3 Å². The van der Waals surface area contributed by atoms with E-state index < -0.39 is 5.97 Å². The monoisotopic (exact) mass is 409 g/mol. The van der Waals surface area contributed by atoms with E-state index in [1.807, 2.05) is 24.3 Å². The standard InChI is InChI=1S/C22H23N3O5/c1-30-18-9-5-2-6-15(18)12-13-23-20(26)14-25-19(10-11-21(27)28)24-17-8-4-3-7-16(17)22(25)29/h2-9H,10-14H2,1H3,(H,23,26)(H,27,28). The van der Waals surface area contributed by atoms with E-state index in [-0.39, 0.29) is 36.7 Å². The van der Waals surface area contributed by atoms with Gasteiger partial charge in [0.05, 0.1) is 24.4 Å². The highest BCUT2D eigenvalue weighted by molar-refractivity contribution is 5.79. The zero-order valence-corrected chi connectivity index (χ0v) is 16.6. The third-order valence-corrected chi connectivity index (χ3v) is 4.71. The molecule has 3 aromatic rings. The van der Waals surface area contributed by atoms with Crippen LogP contribution in [0.5, 0.6) is 5.75 Å². The minimum atomic E-state index is -0.995. The Balaban J connectivity index is 1.75. The van der Waals surface area contributed by atoms with Gasteiger partial charge in [-0.15, -0.1) is 0 Å². The quantitative estimate of drug-likeness (QED) is 0.557. The van der Waals surface area contributed by atoms with Crippen LogP contribution in [0.4, 0.5) is 0 Å². The van der Waals surface area contributed by atoms with Gasteiger partial charge in [-0.25, -0.2) is 4.98 Å². The summed E-state index contributed by atoms with van der Waals surface area (Å²) in [5.74, 6) is -0.315. The van der Waals surface area contributed by atoms with E-state index in [0.29, 0.717) is 23.9 Å². The van der Waals surface area contributed by atoms with Gasteiger partial charge in [0, 0.05) is 13.0 Å². The van der Waals surface area contributed by atoms with E-state index in [4.69, 9.17) is 9.84 Å². The molecule has 0 atom stereocenters. The van der Waals surface area contributed by atoms with Crippen LogP contribution in [0.15, 0.2) is 53.3 Å². The van der Waals surface area contributed by atoms with Crippen LogP contribution in [-0.2, 0) is 29.0 Å². The molecular formula is C22H23N3O5. The number of ether oxygens (including phenoxy) is 1. The SMILES string of the molecule is COc1ccccc1CCNC(=O)Cn1c(CCC(=O)O)nc2ccccc2c1=O. The fourth-order valence-electron chi connectivity index (χ4n) is 3.23. The average molecular weight is 409 g/mol. The van der Waals surface area contributed by atoms with E-state index in [0.717, 1.165) is 11.3 Å². The zero-order chi connectivity index (χ0) is 21.5. The largest absolute Gasteiger partial charge is 0.496 e. The summed E-state index contributed by atoms with van der Waals surface area (Å²) in [7, 11) is 1.59. The van der Waals surface area contributed by atoms with Crippen LogP contribution < -0.4 is 15.6 Å². The van der Waals surface area contributed by atoms with Crippen molar-refractivity contribution in [2.75, 3.05) is 13.7 Å². The van der Waals surface area contributed by atoms with Crippen LogP contribution in [0.1, 0.15) is 17.8 Å². The number of nitrogens with one attached hydrogen (secondary N) is 1. The number of nitrogens with zero attached hydrogens (tertiary/aromatic N) is 2. The number of aryl methyl sites for hydroxylation is 1.